The second-order valence-corrected chi connectivity index (χ2v) is 6.04. The van der Waals surface area contributed by atoms with Gasteiger partial charge in [0.1, 0.15) is 5.82 Å². The zero-order valence-electron chi connectivity index (χ0n) is 11.2. The van der Waals surface area contributed by atoms with Gasteiger partial charge in [-0.05, 0) is 55.3 Å². The Bertz CT molecular complexity index is 588. The van der Waals surface area contributed by atoms with Crippen molar-refractivity contribution in [1.29, 1.82) is 0 Å². The first-order chi connectivity index (χ1) is 9.56. The van der Waals surface area contributed by atoms with E-state index in [4.69, 9.17) is 11.6 Å². The van der Waals surface area contributed by atoms with Crippen molar-refractivity contribution in [3.05, 3.63) is 68.9 Å². The third-order valence-corrected chi connectivity index (χ3v) is 4.00. The van der Waals surface area contributed by atoms with Gasteiger partial charge < -0.3 is 5.32 Å². The van der Waals surface area contributed by atoms with Gasteiger partial charge in [0.2, 0.25) is 0 Å². The number of hydrogen-bond donors (Lipinski definition) is 1. The molecular formula is C16H16BrClFN. The van der Waals surface area contributed by atoms with E-state index in [1.54, 1.807) is 12.1 Å². The van der Waals surface area contributed by atoms with Gasteiger partial charge in [-0.15, -0.1) is 0 Å². The Morgan fingerprint density at radius 3 is 2.75 bits per heavy atom. The molecule has 1 N–H and O–H groups in total. The van der Waals surface area contributed by atoms with Crippen LogP contribution in [0.1, 0.15) is 24.1 Å². The zero-order chi connectivity index (χ0) is 14.5. The lowest BCUT2D eigenvalue weighted by Gasteiger charge is -2.16. The Morgan fingerprint density at radius 2 is 2.05 bits per heavy atom. The lowest BCUT2D eigenvalue weighted by Crippen LogP contribution is -2.21. The minimum atomic E-state index is -0.188. The lowest BCUT2D eigenvalue weighted by atomic mass is 10.1. The minimum absolute atomic E-state index is 0.157. The van der Waals surface area contributed by atoms with Gasteiger partial charge >= 0.3 is 0 Å². The molecule has 1 nitrogen and oxygen atoms in total. The molecule has 1 unspecified atom stereocenters. The highest BCUT2D eigenvalue weighted by atomic mass is 79.9. The molecule has 0 spiro atoms. The summed E-state index contributed by atoms with van der Waals surface area (Å²) < 4.78 is 14.0. The van der Waals surface area contributed by atoms with Crippen molar-refractivity contribution in [3.63, 3.8) is 0 Å². The lowest BCUT2D eigenvalue weighted by molar-refractivity contribution is 0.574. The molecule has 0 radical (unpaired) electrons. The molecule has 106 valence electrons. The average molecular weight is 357 g/mol. The molecule has 0 aromatic heterocycles. The maximum Gasteiger partial charge on any atom is 0.123 e. The largest absolute Gasteiger partial charge is 0.310 e. The van der Waals surface area contributed by atoms with Crippen molar-refractivity contribution in [2.45, 2.75) is 19.4 Å². The van der Waals surface area contributed by atoms with Crippen LogP contribution in [0.5, 0.6) is 0 Å². The SMILES string of the molecule is CC(NCCc1cccc(F)c1)c1ccc(Br)cc1Cl. The fourth-order valence-corrected chi connectivity index (χ4v) is 2.93. The van der Waals surface area contributed by atoms with Gasteiger partial charge in [-0.1, -0.05) is 45.7 Å². The first-order valence-corrected chi connectivity index (χ1v) is 7.66. The fourth-order valence-electron chi connectivity index (χ4n) is 2.09. The van der Waals surface area contributed by atoms with Crippen molar-refractivity contribution in [1.82, 2.24) is 5.32 Å². The Balaban J connectivity index is 1.90. The van der Waals surface area contributed by atoms with Gasteiger partial charge in [-0.2, -0.15) is 0 Å². The van der Waals surface area contributed by atoms with Gasteiger partial charge in [0.05, 0.1) is 0 Å². The van der Waals surface area contributed by atoms with E-state index in [1.807, 2.05) is 24.3 Å². The van der Waals surface area contributed by atoms with E-state index in [9.17, 15) is 4.39 Å². The smallest absolute Gasteiger partial charge is 0.123 e. The Morgan fingerprint density at radius 1 is 1.25 bits per heavy atom. The summed E-state index contributed by atoms with van der Waals surface area (Å²) in [5.74, 6) is -0.188. The number of benzene rings is 2. The van der Waals surface area contributed by atoms with Gasteiger partial charge in [0.15, 0.2) is 0 Å². The predicted octanol–water partition coefficient (Wildman–Crippen LogP) is 5.13. The average Bonchev–Trinajstić information content (AvgIpc) is 2.38. The standard InChI is InChI=1S/C16H16BrClFN/c1-11(15-6-5-13(17)10-16(15)18)20-8-7-12-3-2-4-14(19)9-12/h2-6,9-11,20H,7-8H2,1H3. The highest BCUT2D eigenvalue weighted by Crippen LogP contribution is 2.26. The Hall–Kier alpha value is -0.900. The zero-order valence-corrected chi connectivity index (χ0v) is 13.5. The second kappa shape index (κ2) is 7.21. The van der Waals surface area contributed by atoms with Crippen molar-refractivity contribution in [2.75, 3.05) is 6.54 Å². The molecule has 0 saturated carbocycles. The van der Waals surface area contributed by atoms with E-state index >= 15 is 0 Å². The molecule has 0 heterocycles. The van der Waals surface area contributed by atoms with Crippen molar-refractivity contribution in [3.8, 4) is 0 Å². The normalized spacial score (nSPS) is 12.4. The summed E-state index contributed by atoms with van der Waals surface area (Å²) in [6.07, 6.45) is 0.788. The van der Waals surface area contributed by atoms with Gasteiger partial charge in [-0.25, -0.2) is 4.39 Å². The maximum absolute atomic E-state index is 13.1. The molecule has 0 aliphatic rings. The Kier molecular flexibility index (Phi) is 5.58. The van der Waals surface area contributed by atoms with Gasteiger partial charge in [0, 0.05) is 15.5 Å². The second-order valence-electron chi connectivity index (χ2n) is 4.72. The van der Waals surface area contributed by atoms with E-state index in [0.29, 0.717) is 0 Å². The Labute approximate surface area is 132 Å². The molecule has 0 fully saturated rings. The third-order valence-electron chi connectivity index (χ3n) is 3.18. The van der Waals surface area contributed by atoms with Crippen LogP contribution in [0.15, 0.2) is 46.9 Å². The molecule has 4 heteroatoms. The van der Waals surface area contributed by atoms with Crippen LogP contribution in [0.2, 0.25) is 5.02 Å². The third kappa shape index (κ3) is 4.30. The maximum atomic E-state index is 13.1. The van der Waals surface area contributed by atoms with Gasteiger partial charge in [-0.3, -0.25) is 0 Å². The van der Waals surface area contributed by atoms with E-state index in [2.05, 4.69) is 28.2 Å². The molecule has 1 atom stereocenters. The minimum Gasteiger partial charge on any atom is -0.310 e. The summed E-state index contributed by atoms with van der Waals surface area (Å²) in [6, 6.07) is 12.7. The van der Waals surface area contributed by atoms with E-state index in [-0.39, 0.29) is 11.9 Å². The number of rotatable bonds is 5. The van der Waals surface area contributed by atoms with Crippen LogP contribution >= 0.6 is 27.5 Å². The van der Waals surface area contributed by atoms with Crippen LogP contribution < -0.4 is 5.32 Å². The van der Waals surface area contributed by atoms with Crippen LogP contribution in [0.25, 0.3) is 0 Å². The van der Waals surface area contributed by atoms with Crippen molar-refractivity contribution in [2.24, 2.45) is 0 Å². The number of halogens is 3. The van der Waals surface area contributed by atoms with E-state index in [0.717, 1.165) is 33.6 Å². The molecule has 0 amide bonds. The molecule has 0 aliphatic heterocycles. The predicted molar refractivity (Wildman–Crippen MR) is 85.7 cm³/mol. The quantitative estimate of drug-likeness (QED) is 0.782. The van der Waals surface area contributed by atoms with Crippen LogP contribution in [-0.4, -0.2) is 6.54 Å². The summed E-state index contributed by atoms with van der Waals surface area (Å²) in [7, 11) is 0. The van der Waals surface area contributed by atoms with E-state index < -0.39 is 0 Å². The summed E-state index contributed by atoms with van der Waals surface area (Å²) in [5.41, 5.74) is 2.06. The topological polar surface area (TPSA) is 12.0 Å². The summed E-state index contributed by atoms with van der Waals surface area (Å²) in [5, 5.41) is 4.15. The van der Waals surface area contributed by atoms with Gasteiger partial charge in [0.25, 0.3) is 0 Å². The highest BCUT2D eigenvalue weighted by molar-refractivity contribution is 9.10. The van der Waals surface area contributed by atoms with Crippen molar-refractivity contribution < 1.29 is 4.39 Å². The summed E-state index contributed by atoms with van der Waals surface area (Å²) >= 11 is 9.62. The molecule has 2 aromatic rings. The summed E-state index contributed by atoms with van der Waals surface area (Å²) in [4.78, 5) is 0. The fraction of sp³-hybridized carbons (Fsp3) is 0.250. The number of nitrogens with one attached hydrogen (secondary N) is 1. The van der Waals surface area contributed by atoms with Crippen LogP contribution in [0, 0.1) is 5.82 Å². The number of hydrogen-bond acceptors (Lipinski definition) is 1. The van der Waals surface area contributed by atoms with Crippen LogP contribution in [-0.2, 0) is 6.42 Å². The first kappa shape index (κ1) is 15.5. The molecule has 0 aliphatic carbocycles. The molecule has 2 aromatic carbocycles. The van der Waals surface area contributed by atoms with Crippen LogP contribution in [0.3, 0.4) is 0 Å². The molecule has 2 rings (SSSR count). The van der Waals surface area contributed by atoms with Crippen LogP contribution in [0.4, 0.5) is 4.39 Å². The highest BCUT2D eigenvalue weighted by Gasteiger charge is 2.09. The molecule has 0 saturated heterocycles. The van der Waals surface area contributed by atoms with Crippen molar-refractivity contribution >= 4 is 27.5 Å². The molecule has 0 bridgehead atoms. The van der Waals surface area contributed by atoms with E-state index in [1.165, 1.54) is 6.07 Å². The monoisotopic (exact) mass is 355 g/mol. The molecular weight excluding hydrogens is 341 g/mol. The summed E-state index contributed by atoms with van der Waals surface area (Å²) in [6.45, 7) is 2.84. The first-order valence-electron chi connectivity index (χ1n) is 6.49. The molecule has 20 heavy (non-hydrogen) atoms.